The van der Waals surface area contributed by atoms with E-state index in [-0.39, 0.29) is 0 Å². The van der Waals surface area contributed by atoms with Crippen LogP contribution in [0.3, 0.4) is 0 Å². The van der Waals surface area contributed by atoms with Crippen LogP contribution in [0.5, 0.6) is 0 Å². The van der Waals surface area contributed by atoms with Crippen LogP contribution in [-0.4, -0.2) is 45.3 Å². The van der Waals surface area contributed by atoms with Gasteiger partial charge in [0.15, 0.2) is 5.96 Å². The SMILES string of the molecule is CN=C(NCc1ccc(NC(=O)OC)cc1)NC1CCN(c2cccc(Cl)c2)C1. The van der Waals surface area contributed by atoms with Crippen LogP contribution < -0.4 is 20.9 Å². The molecule has 2 aromatic rings. The van der Waals surface area contributed by atoms with E-state index >= 15 is 0 Å². The van der Waals surface area contributed by atoms with E-state index in [1.54, 1.807) is 7.05 Å². The number of hydrogen-bond acceptors (Lipinski definition) is 4. The first-order valence-corrected chi connectivity index (χ1v) is 9.87. The van der Waals surface area contributed by atoms with Crippen LogP contribution >= 0.6 is 11.6 Å². The van der Waals surface area contributed by atoms with Gasteiger partial charge in [-0.05, 0) is 42.3 Å². The molecule has 3 N–H and O–H groups in total. The number of aliphatic imine (C=N–C) groups is 1. The Balaban J connectivity index is 1.48. The lowest BCUT2D eigenvalue weighted by molar-refractivity contribution is 0.187. The minimum Gasteiger partial charge on any atom is -0.453 e. The van der Waals surface area contributed by atoms with Crippen molar-refractivity contribution < 1.29 is 9.53 Å². The van der Waals surface area contributed by atoms with Crippen molar-refractivity contribution >= 4 is 35.0 Å². The molecule has 0 spiro atoms. The number of rotatable bonds is 5. The predicted octanol–water partition coefficient (Wildman–Crippen LogP) is 3.46. The normalized spacial score (nSPS) is 16.4. The molecule has 1 amide bonds. The highest BCUT2D eigenvalue weighted by Crippen LogP contribution is 2.23. The van der Waals surface area contributed by atoms with E-state index < -0.39 is 6.09 Å². The van der Waals surface area contributed by atoms with Crippen molar-refractivity contribution in [2.24, 2.45) is 4.99 Å². The molecule has 0 bridgehead atoms. The molecule has 3 rings (SSSR count). The number of methoxy groups -OCH3 is 1. The monoisotopic (exact) mass is 415 g/mol. The molecule has 0 aromatic heterocycles. The molecule has 0 saturated carbocycles. The maximum Gasteiger partial charge on any atom is 0.411 e. The number of carbonyl (C=O) groups excluding carboxylic acids is 1. The first-order chi connectivity index (χ1) is 14.1. The zero-order valence-corrected chi connectivity index (χ0v) is 17.4. The summed E-state index contributed by atoms with van der Waals surface area (Å²) in [5.74, 6) is 0.764. The fourth-order valence-corrected chi connectivity index (χ4v) is 3.42. The summed E-state index contributed by atoms with van der Waals surface area (Å²) in [7, 11) is 3.10. The van der Waals surface area contributed by atoms with E-state index in [0.29, 0.717) is 18.3 Å². The molecular formula is C21H26ClN5O2. The molecule has 154 valence electrons. The maximum absolute atomic E-state index is 11.2. The molecule has 2 aromatic carbocycles. The molecule has 8 heteroatoms. The highest BCUT2D eigenvalue weighted by molar-refractivity contribution is 6.30. The minimum absolute atomic E-state index is 0.312. The number of nitrogens with zero attached hydrogens (tertiary/aromatic N) is 2. The summed E-state index contributed by atoms with van der Waals surface area (Å²) >= 11 is 6.11. The zero-order valence-electron chi connectivity index (χ0n) is 16.6. The van der Waals surface area contributed by atoms with E-state index in [2.05, 4.69) is 36.6 Å². The Morgan fingerprint density at radius 2 is 2.07 bits per heavy atom. The van der Waals surface area contributed by atoms with Gasteiger partial charge in [-0.2, -0.15) is 0 Å². The highest BCUT2D eigenvalue weighted by atomic mass is 35.5. The second-order valence-electron chi connectivity index (χ2n) is 6.80. The molecule has 1 aliphatic rings. The topological polar surface area (TPSA) is 78.0 Å². The van der Waals surface area contributed by atoms with Gasteiger partial charge in [0, 0.05) is 49.1 Å². The van der Waals surface area contributed by atoms with Crippen LogP contribution in [0.15, 0.2) is 53.5 Å². The smallest absolute Gasteiger partial charge is 0.411 e. The summed E-state index contributed by atoms with van der Waals surface area (Å²) in [5, 5.41) is 10.2. The lowest BCUT2D eigenvalue weighted by Crippen LogP contribution is -2.44. The Labute approximate surface area is 176 Å². The van der Waals surface area contributed by atoms with Gasteiger partial charge < -0.3 is 20.3 Å². The average Bonchev–Trinajstić information content (AvgIpc) is 3.20. The lowest BCUT2D eigenvalue weighted by Gasteiger charge is -2.20. The van der Waals surface area contributed by atoms with Gasteiger partial charge in [-0.3, -0.25) is 10.3 Å². The minimum atomic E-state index is -0.483. The Morgan fingerprint density at radius 3 is 2.76 bits per heavy atom. The number of guanidine groups is 1. The van der Waals surface area contributed by atoms with Gasteiger partial charge in [-0.15, -0.1) is 0 Å². The molecule has 0 aliphatic carbocycles. The fraction of sp³-hybridized carbons (Fsp3) is 0.333. The van der Waals surface area contributed by atoms with Gasteiger partial charge in [-0.1, -0.05) is 29.8 Å². The maximum atomic E-state index is 11.2. The first kappa shape index (κ1) is 20.8. The summed E-state index contributed by atoms with van der Waals surface area (Å²) in [4.78, 5) is 17.9. The predicted molar refractivity (Wildman–Crippen MR) is 118 cm³/mol. The molecule has 7 nitrogen and oxygen atoms in total. The van der Waals surface area contributed by atoms with Crippen molar-refractivity contribution in [1.82, 2.24) is 10.6 Å². The lowest BCUT2D eigenvalue weighted by atomic mass is 10.2. The third-order valence-electron chi connectivity index (χ3n) is 4.77. The summed E-state index contributed by atoms with van der Waals surface area (Å²) in [6, 6.07) is 15.8. The quantitative estimate of drug-likeness (QED) is 0.515. The Hall–Kier alpha value is -2.93. The van der Waals surface area contributed by atoms with Crippen LogP contribution in [0.2, 0.25) is 5.02 Å². The Kier molecular flexibility index (Phi) is 7.19. The fourth-order valence-electron chi connectivity index (χ4n) is 3.23. The third-order valence-corrected chi connectivity index (χ3v) is 5.01. The van der Waals surface area contributed by atoms with E-state index in [1.165, 1.54) is 7.11 Å². The van der Waals surface area contributed by atoms with Gasteiger partial charge in [0.05, 0.1) is 7.11 Å². The molecular weight excluding hydrogens is 390 g/mol. The third kappa shape index (κ3) is 6.02. The van der Waals surface area contributed by atoms with Crippen molar-refractivity contribution in [3.63, 3.8) is 0 Å². The van der Waals surface area contributed by atoms with E-state index in [0.717, 1.165) is 41.7 Å². The Bertz CT molecular complexity index is 856. The number of halogens is 1. The number of nitrogens with one attached hydrogen (secondary N) is 3. The van der Waals surface area contributed by atoms with Gasteiger partial charge in [0.1, 0.15) is 0 Å². The van der Waals surface area contributed by atoms with Crippen molar-refractivity contribution in [3.05, 3.63) is 59.1 Å². The zero-order chi connectivity index (χ0) is 20.6. The molecule has 1 unspecified atom stereocenters. The standard InChI is InChI=1S/C21H26ClN5O2/c1-23-20(24-13-15-6-8-17(9-7-15)26-21(28)29-2)25-18-10-11-27(14-18)19-5-3-4-16(22)12-19/h3-9,12,18H,10-11,13-14H2,1-2H3,(H,26,28)(H2,23,24,25). The van der Waals surface area contributed by atoms with Crippen molar-refractivity contribution in [2.75, 3.05) is 37.5 Å². The van der Waals surface area contributed by atoms with Gasteiger partial charge in [-0.25, -0.2) is 4.79 Å². The second kappa shape index (κ2) is 10.0. The molecule has 29 heavy (non-hydrogen) atoms. The number of carbonyl (C=O) groups is 1. The van der Waals surface area contributed by atoms with Crippen LogP contribution in [0.25, 0.3) is 0 Å². The van der Waals surface area contributed by atoms with E-state index in [1.807, 2.05) is 42.5 Å². The molecule has 1 aliphatic heterocycles. The summed E-state index contributed by atoms with van der Waals surface area (Å²) in [6.45, 7) is 2.50. The van der Waals surface area contributed by atoms with Gasteiger partial charge >= 0.3 is 6.09 Å². The van der Waals surface area contributed by atoms with Crippen molar-refractivity contribution in [1.29, 1.82) is 0 Å². The van der Waals surface area contributed by atoms with Crippen molar-refractivity contribution in [3.8, 4) is 0 Å². The van der Waals surface area contributed by atoms with Gasteiger partial charge in [0.25, 0.3) is 0 Å². The number of anilines is 2. The van der Waals surface area contributed by atoms with Crippen LogP contribution in [0.4, 0.5) is 16.2 Å². The highest BCUT2D eigenvalue weighted by Gasteiger charge is 2.23. The molecule has 1 fully saturated rings. The Morgan fingerprint density at radius 1 is 1.28 bits per heavy atom. The number of hydrogen-bond donors (Lipinski definition) is 3. The second-order valence-corrected chi connectivity index (χ2v) is 7.23. The summed E-state index contributed by atoms with van der Waals surface area (Å²) in [5.41, 5.74) is 2.91. The summed E-state index contributed by atoms with van der Waals surface area (Å²) in [6.07, 6.45) is 0.546. The van der Waals surface area contributed by atoms with Crippen LogP contribution in [0.1, 0.15) is 12.0 Å². The number of benzene rings is 2. The molecule has 1 atom stereocenters. The number of amides is 1. The van der Waals surface area contributed by atoms with E-state index in [4.69, 9.17) is 11.6 Å². The molecule has 0 radical (unpaired) electrons. The van der Waals surface area contributed by atoms with E-state index in [9.17, 15) is 4.79 Å². The van der Waals surface area contributed by atoms with Gasteiger partial charge in [0.2, 0.25) is 0 Å². The summed E-state index contributed by atoms with van der Waals surface area (Å²) < 4.78 is 4.59. The largest absolute Gasteiger partial charge is 0.453 e. The molecule has 1 saturated heterocycles. The molecule has 1 heterocycles. The number of ether oxygens (including phenoxy) is 1. The first-order valence-electron chi connectivity index (χ1n) is 9.49. The van der Waals surface area contributed by atoms with Crippen molar-refractivity contribution in [2.45, 2.75) is 19.0 Å². The average molecular weight is 416 g/mol. The van der Waals surface area contributed by atoms with Crippen LogP contribution in [-0.2, 0) is 11.3 Å². The van der Waals surface area contributed by atoms with Crippen LogP contribution in [0, 0.1) is 0 Å².